The molecular formula is C16H22N2O3. The molecule has 0 aromatic heterocycles. The molecule has 1 N–H and O–H groups in total. The van der Waals surface area contributed by atoms with E-state index in [0.717, 1.165) is 6.42 Å². The number of amides is 2. The van der Waals surface area contributed by atoms with Crippen LogP contribution in [0, 0.1) is 6.92 Å². The standard InChI is InChI=1S/C16H22N2O3/c1-13-2-4-14(5-3-13)6-7-15(19)17-8-9-18-10-11-21-12-16(18)20/h2-5H,6-12H2,1H3,(H,17,19). The average molecular weight is 290 g/mol. The van der Waals surface area contributed by atoms with Gasteiger partial charge < -0.3 is 15.0 Å². The number of morpholine rings is 1. The number of carbonyl (C=O) groups is 2. The Kier molecular flexibility index (Phi) is 5.75. The fraction of sp³-hybridized carbons (Fsp3) is 0.500. The zero-order valence-electron chi connectivity index (χ0n) is 12.4. The molecule has 1 aliphatic rings. The maximum absolute atomic E-state index is 11.8. The van der Waals surface area contributed by atoms with E-state index >= 15 is 0 Å². The highest BCUT2D eigenvalue weighted by Gasteiger charge is 2.17. The van der Waals surface area contributed by atoms with E-state index in [9.17, 15) is 9.59 Å². The second kappa shape index (κ2) is 7.78. The SMILES string of the molecule is Cc1ccc(CCC(=O)NCCN2CCOCC2=O)cc1. The number of nitrogens with one attached hydrogen (secondary N) is 1. The lowest BCUT2D eigenvalue weighted by atomic mass is 10.1. The largest absolute Gasteiger partial charge is 0.370 e. The third-order valence-corrected chi connectivity index (χ3v) is 3.55. The van der Waals surface area contributed by atoms with Crippen molar-refractivity contribution in [1.82, 2.24) is 10.2 Å². The third-order valence-electron chi connectivity index (χ3n) is 3.55. The number of nitrogens with zero attached hydrogens (tertiary/aromatic N) is 1. The summed E-state index contributed by atoms with van der Waals surface area (Å²) in [5.74, 6) is 0.0198. The average Bonchev–Trinajstić information content (AvgIpc) is 2.49. The third kappa shape index (κ3) is 5.19. The van der Waals surface area contributed by atoms with Gasteiger partial charge in [0, 0.05) is 26.1 Å². The van der Waals surface area contributed by atoms with Crippen LogP contribution < -0.4 is 5.32 Å². The van der Waals surface area contributed by atoms with E-state index in [1.54, 1.807) is 4.90 Å². The van der Waals surface area contributed by atoms with E-state index in [1.807, 2.05) is 6.92 Å². The van der Waals surface area contributed by atoms with Gasteiger partial charge in [-0.15, -0.1) is 0 Å². The van der Waals surface area contributed by atoms with E-state index in [0.29, 0.717) is 32.7 Å². The van der Waals surface area contributed by atoms with Crippen molar-refractivity contribution >= 4 is 11.8 Å². The highest BCUT2D eigenvalue weighted by Crippen LogP contribution is 2.05. The zero-order valence-corrected chi connectivity index (χ0v) is 12.4. The summed E-state index contributed by atoms with van der Waals surface area (Å²) in [6.07, 6.45) is 1.21. The topological polar surface area (TPSA) is 58.6 Å². The molecule has 21 heavy (non-hydrogen) atoms. The van der Waals surface area contributed by atoms with E-state index in [2.05, 4.69) is 29.6 Å². The lowest BCUT2D eigenvalue weighted by Gasteiger charge is -2.26. The molecule has 0 unspecified atom stereocenters. The minimum atomic E-state index is -0.00449. The lowest BCUT2D eigenvalue weighted by Crippen LogP contribution is -2.45. The summed E-state index contributed by atoms with van der Waals surface area (Å²) >= 11 is 0. The molecule has 0 aliphatic carbocycles. The Hall–Kier alpha value is -1.88. The second-order valence-electron chi connectivity index (χ2n) is 5.27. The summed E-state index contributed by atoms with van der Waals surface area (Å²) in [5.41, 5.74) is 2.39. The van der Waals surface area contributed by atoms with Gasteiger partial charge in [-0.1, -0.05) is 29.8 Å². The van der Waals surface area contributed by atoms with Crippen LogP contribution >= 0.6 is 0 Å². The normalized spacial score (nSPS) is 15.1. The van der Waals surface area contributed by atoms with Gasteiger partial charge in [-0.05, 0) is 18.9 Å². The first-order valence-electron chi connectivity index (χ1n) is 7.33. The Labute approximate surface area is 125 Å². The second-order valence-corrected chi connectivity index (χ2v) is 5.27. The van der Waals surface area contributed by atoms with Crippen molar-refractivity contribution in [2.75, 3.05) is 32.8 Å². The molecule has 1 fully saturated rings. The Morgan fingerprint density at radius 1 is 1.33 bits per heavy atom. The summed E-state index contributed by atoms with van der Waals surface area (Å²) in [5, 5.41) is 2.86. The van der Waals surface area contributed by atoms with Crippen LogP contribution in [-0.4, -0.2) is 49.6 Å². The minimum Gasteiger partial charge on any atom is -0.370 e. The molecule has 0 bridgehead atoms. The summed E-state index contributed by atoms with van der Waals surface area (Å²) in [6, 6.07) is 8.21. The van der Waals surface area contributed by atoms with Crippen molar-refractivity contribution in [3.05, 3.63) is 35.4 Å². The van der Waals surface area contributed by atoms with Gasteiger partial charge in [-0.3, -0.25) is 9.59 Å². The number of aryl methyl sites for hydroxylation is 2. The van der Waals surface area contributed by atoms with Crippen LogP contribution in [0.2, 0.25) is 0 Å². The first-order chi connectivity index (χ1) is 10.1. The lowest BCUT2D eigenvalue weighted by molar-refractivity contribution is -0.142. The van der Waals surface area contributed by atoms with Crippen molar-refractivity contribution in [3.8, 4) is 0 Å². The molecule has 1 aromatic carbocycles. The van der Waals surface area contributed by atoms with Crippen LogP contribution in [0.5, 0.6) is 0 Å². The Bertz CT molecular complexity index is 485. The molecule has 0 spiro atoms. The first-order valence-corrected chi connectivity index (χ1v) is 7.33. The van der Waals surface area contributed by atoms with E-state index in [-0.39, 0.29) is 18.4 Å². The zero-order chi connectivity index (χ0) is 15.1. The maximum atomic E-state index is 11.8. The van der Waals surface area contributed by atoms with Gasteiger partial charge in [0.2, 0.25) is 11.8 Å². The fourth-order valence-electron chi connectivity index (χ4n) is 2.22. The van der Waals surface area contributed by atoms with Crippen LogP contribution in [-0.2, 0) is 20.7 Å². The Morgan fingerprint density at radius 2 is 2.10 bits per heavy atom. The number of hydrogen-bond acceptors (Lipinski definition) is 3. The summed E-state index contributed by atoms with van der Waals surface area (Å²) in [7, 11) is 0. The van der Waals surface area contributed by atoms with Crippen molar-refractivity contribution in [2.24, 2.45) is 0 Å². The molecule has 1 heterocycles. The monoisotopic (exact) mass is 290 g/mol. The van der Waals surface area contributed by atoms with Gasteiger partial charge in [-0.25, -0.2) is 0 Å². The maximum Gasteiger partial charge on any atom is 0.248 e. The molecule has 0 saturated carbocycles. The molecule has 0 radical (unpaired) electrons. The number of benzene rings is 1. The van der Waals surface area contributed by atoms with E-state index < -0.39 is 0 Å². The number of hydrogen-bond donors (Lipinski definition) is 1. The van der Waals surface area contributed by atoms with Crippen molar-refractivity contribution in [2.45, 2.75) is 19.8 Å². The van der Waals surface area contributed by atoms with Gasteiger partial charge in [0.05, 0.1) is 6.61 Å². The van der Waals surface area contributed by atoms with Crippen molar-refractivity contribution < 1.29 is 14.3 Å². The molecule has 1 aliphatic heterocycles. The molecule has 5 nitrogen and oxygen atoms in total. The Morgan fingerprint density at radius 3 is 2.81 bits per heavy atom. The molecule has 5 heteroatoms. The van der Waals surface area contributed by atoms with Crippen LogP contribution in [0.1, 0.15) is 17.5 Å². The number of carbonyl (C=O) groups excluding carboxylic acids is 2. The van der Waals surface area contributed by atoms with Gasteiger partial charge in [-0.2, -0.15) is 0 Å². The highest BCUT2D eigenvalue weighted by molar-refractivity contribution is 5.78. The minimum absolute atomic E-state index is 0.00449. The summed E-state index contributed by atoms with van der Waals surface area (Å²) < 4.78 is 5.06. The first kappa shape index (κ1) is 15.5. The quantitative estimate of drug-likeness (QED) is 0.847. The molecule has 114 valence electrons. The van der Waals surface area contributed by atoms with E-state index in [1.165, 1.54) is 11.1 Å². The molecule has 2 amide bonds. The summed E-state index contributed by atoms with van der Waals surface area (Å²) in [6.45, 7) is 4.44. The number of ether oxygens (including phenoxy) is 1. The molecule has 1 saturated heterocycles. The van der Waals surface area contributed by atoms with E-state index in [4.69, 9.17) is 4.74 Å². The van der Waals surface area contributed by atoms with Crippen LogP contribution in [0.15, 0.2) is 24.3 Å². The number of rotatable bonds is 6. The molecule has 2 rings (SSSR count). The predicted octanol–water partition coefficient (Wildman–Crippen LogP) is 0.903. The molecule has 0 atom stereocenters. The molecular weight excluding hydrogens is 268 g/mol. The fourth-order valence-corrected chi connectivity index (χ4v) is 2.22. The van der Waals surface area contributed by atoms with Crippen LogP contribution in [0.4, 0.5) is 0 Å². The van der Waals surface area contributed by atoms with Gasteiger partial charge in [0.1, 0.15) is 6.61 Å². The molecule has 1 aromatic rings. The Balaban J connectivity index is 1.63. The van der Waals surface area contributed by atoms with Crippen molar-refractivity contribution in [1.29, 1.82) is 0 Å². The van der Waals surface area contributed by atoms with Crippen LogP contribution in [0.3, 0.4) is 0 Å². The predicted molar refractivity (Wildman–Crippen MR) is 79.9 cm³/mol. The van der Waals surface area contributed by atoms with Crippen molar-refractivity contribution in [3.63, 3.8) is 0 Å². The van der Waals surface area contributed by atoms with Gasteiger partial charge >= 0.3 is 0 Å². The van der Waals surface area contributed by atoms with Gasteiger partial charge in [0.25, 0.3) is 0 Å². The van der Waals surface area contributed by atoms with Crippen LogP contribution in [0.25, 0.3) is 0 Å². The van der Waals surface area contributed by atoms with Gasteiger partial charge in [0.15, 0.2) is 0 Å². The smallest absolute Gasteiger partial charge is 0.248 e. The summed E-state index contributed by atoms with van der Waals surface area (Å²) in [4.78, 5) is 25.0. The highest BCUT2D eigenvalue weighted by atomic mass is 16.5.